The first-order valence-corrected chi connectivity index (χ1v) is 9.95. The van der Waals surface area contributed by atoms with Gasteiger partial charge >= 0.3 is 0 Å². The maximum atomic E-state index is 12.7. The van der Waals surface area contributed by atoms with E-state index >= 15 is 0 Å². The molecule has 24 heavy (non-hydrogen) atoms. The van der Waals surface area contributed by atoms with Gasteiger partial charge in [0.25, 0.3) is 0 Å². The average Bonchev–Trinajstić information content (AvgIpc) is 2.55. The second kappa shape index (κ2) is 6.40. The predicted molar refractivity (Wildman–Crippen MR) is 95.0 cm³/mol. The zero-order valence-electron chi connectivity index (χ0n) is 13.9. The van der Waals surface area contributed by atoms with Crippen molar-refractivity contribution in [1.29, 1.82) is 0 Å². The first kappa shape index (κ1) is 16.7. The van der Waals surface area contributed by atoms with E-state index < -0.39 is 9.84 Å². The molecule has 0 saturated carbocycles. The highest BCUT2D eigenvalue weighted by Crippen LogP contribution is 2.32. The molecule has 0 aliphatic heterocycles. The summed E-state index contributed by atoms with van der Waals surface area (Å²) < 4.78 is 23.2. The second-order valence-electron chi connectivity index (χ2n) is 6.38. The van der Waals surface area contributed by atoms with Gasteiger partial charge in [0, 0.05) is 11.9 Å². The van der Waals surface area contributed by atoms with E-state index in [2.05, 4.69) is 11.4 Å². The molecule has 2 aromatic carbocycles. The molecule has 1 amide bonds. The zero-order chi connectivity index (χ0) is 17.3. The zero-order valence-corrected chi connectivity index (χ0v) is 14.7. The smallest absolute Gasteiger partial charge is 0.231 e. The molecule has 0 fully saturated rings. The van der Waals surface area contributed by atoms with Crippen LogP contribution in [0.3, 0.4) is 0 Å². The van der Waals surface area contributed by atoms with Crippen LogP contribution in [-0.2, 0) is 21.1 Å². The van der Waals surface area contributed by atoms with Crippen LogP contribution in [0.2, 0.25) is 0 Å². The standard InChI is InChI=1S/C19H21NO3S/c1-13-12-15(24(2,22)23)10-11-18(13)20-19(21)17-9-5-7-14-6-3-4-8-16(14)17/h3-4,6,8,10-12,17H,5,7,9H2,1-2H3,(H,20,21)/t17-/m1/s1. The molecule has 0 aromatic heterocycles. The summed E-state index contributed by atoms with van der Waals surface area (Å²) in [6.07, 6.45) is 4.03. The summed E-state index contributed by atoms with van der Waals surface area (Å²) >= 11 is 0. The molecule has 5 heteroatoms. The van der Waals surface area contributed by atoms with Crippen LogP contribution in [0.1, 0.15) is 35.4 Å². The van der Waals surface area contributed by atoms with Gasteiger partial charge in [0.1, 0.15) is 0 Å². The Balaban J connectivity index is 1.84. The fraction of sp³-hybridized carbons (Fsp3) is 0.316. The Morgan fingerprint density at radius 3 is 2.62 bits per heavy atom. The summed E-state index contributed by atoms with van der Waals surface area (Å²) in [5.41, 5.74) is 3.76. The van der Waals surface area contributed by atoms with Crippen LogP contribution >= 0.6 is 0 Å². The lowest BCUT2D eigenvalue weighted by atomic mass is 9.82. The number of hydrogen-bond donors (Lipinski definition) is 1. The van der Waals surface area contributed by atoms with Gasteiger partial charge in [-0.15, -0.1) is 0 Å². The summed E-state index contributed by atoms with van der Waals surface area (Å²) in [6, 6.07) is 12.9. The van der Waals surface area contributed by atoms with E-state index in [1.807, 2.05) is 18.2 Å². The van der Waals surface area contributed by atoms with Crippen LogP contribution in [0.15, 0.2) is 47.4 Å². The van der Waals surface area contributed by atoms with Crippen molar-refractivity contribution in [1.82, 2.24) is 0 Å². The minimum atomic E-state index is -3.24. The fourth-order valence-corrected chi connectivity index (χ4v) is 3.96. The van der Waals surface area contributed by atoms with Gasteiger partial charge < -0.3 is 5.32 Å². The molecule has 1 aliphatic rings. The monoisotopic (exact) mass is 343 g/mol. The van der Waals surface area contributed by atoms with Crippen LogP contribution in [0.5, 0.6) is 0 Å². The van der Waals surface area contributed by atoms with Crippen LogP contribution in [0.25, 0.3) is 0 Å². The molecule has 1 N–H and O–H groups in total. The molecule has 1 atom stereocenters. The van der Waals surface area contributed by atoms with Gasteiger partial charge in [-0.2, -0.15) is 0 Å². The van der Waals surface area contributed by atoms with Crippen LogP contribution in [0, 0.1) is 6.92 Å². The van der Waals surface area contributed by atoms with E-state index in [9.17, 15) is 13.2 Å². The van der Waals surface area contributed by atoms with E-state index in [1.54, 1.807) is 19.1 Å². The number of anilines is 1. The number of sulfone groups is 1. The quantitative estimate of drug-likeness (QED) is 0.928. The highest BCUT2D eigenvalue weighted by Gasteiger charge is 2.26. The molecule has 126 valence electrons. The highest BCUT2D eigenvalue weighted by atomic mass is 32.2. The topological polar surface area (TPSA) is 63.2 Å². The van der Waals surface area contributed by atoms with Gasteiger partial charge in [0.05, 0.1) is 10.8 Å². The minimum absolute atomic E-state index is 0.0302. The molecular formula is C19H21NO3S. The summed E-state index contributed by atoms with van der Waals surface area (Å²) in [5, 5.41) is 2.97. The van der Waals surface area contributed by atoms with Crippen molar-refractivity contribution < 1.29 is 13.2 Å². The molecule has 2 aromatic rings. The molecular weight excluding hydrogens is 322 g/mol. The lowest BCUT2D eigenvalue weighted by Gasteiger charge is -2.25. The largest absolute Gasteiger partial charge is 0.325 e. The number of nitrogens with one attached hydrogen (secondary N) is 1. The SMILES string of the molecule is Cc1cc(S(C)(=O)=O)ccc1NC(=O)[C@@H]1CCCc2ccccc21. The number of carbonyl (C=O) groups excluding carboxylic acids is 1. The van der Waals surface area contributed by atoms with Crippen molar-refractivity contribution in [2.24, 2.45) is 0 Å². The number of amides is 1. The molecule has 3 rings (SSSR count). The third-order valence-electron chi connectivity index (χ3n) is 4.57. The normalized spacial score (nSPS) is 17.2. The number of aryl methyl sites for hydroxylation is 2. The number of rotatable bonds is 3. The predicted octanol–water partition coefficient (Wildman–Crippen LogP) is 3.46. The molecule has 4 nitrogen and oxygen atoms in total. The van der Waals surface area contributed by atoms with E-state index in [0.717, 1.165) is 30.4 Å². The lowest BCUT2D eigenvalue weighted by Crippen LogP contribution is -2.25. The van der Waals surface area contributed by atoms with Crippen molar-refractivity contribution in [3.63, 3.8) is 0 Å². The molecule has 0 saturated heterocycles. The Morgan fingerprint density at radius 2 is 1.92 bits per heavy atom. The maximum Gasteiger partial charge on any atom is 0.231 e. The average molecular weight is 343 g/mol. The summed E-state index contributed by atoms with van der Waals surface area (Å²) in [4.78, 5) is 13.0. The van der Waals surface area contributed by atoms with Crippen molar-refractivity contribution in [2.75, 3.05) is 11.6 Å². The Hall–Kier alpha value is -2.14. The Labute approximate surface area is 142 Å². The molecule has 0 heterocycles. The lowest BCUT2D eigenvalue weighted by molar-refractivity contribution is -0.117. The molecule has 1 aliphatic carbocycles. The summed E-state index contributed by atoms with van der Waals surface area (Å²) in [7, 11) is -3.24. The van der Waals surface area contributed by atoms with E-state index in [4.69, 9.17) is 0 Å². The number of fused-ring (bicyclic) bond motifs is 1. The first-order valence-electron chi connectivity index (χ1n) is 8.05. The highest BCUT2D eigenvalue weighted by molar-refractivity contribution is 7.90. The van der Waals surface area contributed by atoms with Gasteiger partial charge in [-0.25, -0.2) is 8.42 Å². The molecule has 0 spiro atoms. The van der Waals surface area contributed by atoms with Gasteiger partial charge in [0.15, 0.2) is 9.84 Å². The van der Waals surface area contributed by atoms with Gasteiger partial charge in [-0.05, 0) is 61.1 Å². The van der Waals surface area contributed by atoms with Gasteiger partial charge in [-0.3, -0.25) is 4.79 Å². The van der Waals surface area contributed by atoms with Gasteiger partial charge in [0.2, 0.25) is 5.91 Å². The van der Waals surface area contributed by atoms with Crippen molar-refractivity contribution in [2.45, 2.75) is 37.0 Å². The van der Waals surface area contributed by atoms with E-state index in [0.29, 0.717) is 5.69 Å². The minimum Gasteiger partial charge on any atom is -0.325 e. The fourth-order valence-electron chi connectivity index (χ4n) is 3.25. The second-order valence-corrected chi connectivity index (χ2v) is 8.40. The number of carbonyl (C=O) groups is 1. The van der Waals surface area contributed by atoms with Crippen LogP contribution in [-0.4, -0.2) is 20.6 Å². The van der Waals surface area contributed by atoms with E-state index in [-0.39, 0.29) is 16.7 Å². The molecule has 0 unspecified atom stereocenters. The third kappa shape index (κ3) is 3.36. The Morgan fingerprint density at radius 1 is 1.17 bits per heavy atom. The Kier molecular flexibility index (Phi) is 4.45. The van der Waals surface area contributed by atoms with Crippen LogP contribution in [0.4, 0.5) is 5.69 Å². The Bertz CT molecular complexity index is 887. The third-order valence-corrected chi connectivity index (χ3v) is 5.68. The van der Waals surface area contributed by atoms with Crippen molar-refractivity contribution >= 4 is 21.4 Å². The van der Waals surface area contributed by atoms with Crippen molar-refractivity contribution in [3.05, 3.63) is 59.2 Å². The first-order chi connectivity index (χ1) is 11.4. The summed E-state index contributed by atoms with van der Waals surface area (Å²) in [5.74, 6) is -0.179. The molecule has 0 bridgehead atoms. The summed E-state index contributed by atoms with van der Waals surface area (Å²) in [6.45, 7) is 1.80. The molecule has 0 radical (unpaired) electrons. The number of hydrogen-bond acceptors (Lipinski definition) is 3. The van der Waals surface area contributed by atoms with Gasteiger partial charge in [-0.1, -0.05) is 24.3 Å². The van der Waals surface area contributed by atoms with Crippen molar-refractivity contribution in [3.8, 4) is 0 Å². The van der Waals surface area contributed by atoms with Crippen LogP contribution < -0.4 is 5.32 Å². The maximum absolute atomic E-state index is 12.7. The van der Waals surface area contributed by atoms with E-state index in [1.165, 1.54) is 17.9 Å². The number of benzene rings is 2.